The summed E-state index contributed by atoms with van der Waals surface area (Å²) in [5.74, 6) is -0.718. The predicted molar refractivity (Wildman–Crippen MR) is 87.7 cm³/mol. The molecule has 0 unspecified atom stereocenters. The van der Waals surface area contributed by atoms with Gasteiger partial charge in [-0.2, -0.15) is 0 Å². The van der Waals surface area contributed by atoms with Crippen LogP contribution in [0.25, 0.3) is 0 Å². The van der Waals surface area contributed by atoms with Crippen LogP contribution in [-0.2, 0) is 19.9 Å². The monoisotopic (exact) mass is 344 g/mol. The number of hydrogen-bond acceptors (Lipinski definition) is 5. The zero-order valence-corrected chi connectivity index (χ0v) is 14.1. The lowest BCUT2D eigenvalue weighted by molar-refractivity contribution is 0.584. The molecule has 0 saturated heterocycles. The predicted octanol–water partition coefficient (Wildman–Crippen LogP) is 0.850. The first-order valence-corrected chi connectivity index (χ1v) is 11.0. The van der Waals surface area contributed by atoms with E-state index in [-0.39, 0.29) is 11.5 Å². The molecular weight excluding hydrogens is 324 g/mol. The average molecular weight is 344 g/mol. The molecule has 1 saturated carbocycles. The van der Waals surface area contributed by atoms with E-state index in [1.807, 2.05) is 18.2 Å². The Morgan fingerprint density at radius 2 is 1.64 bits per heavy atom. The summed E-state index contributed by atoms with van der Waals surface area (Å²) in [6.07, 6.45) is 3.35. The third-order valence-electron chi connectivity index (χ3n) is 4.04. The summed E-state index contributed by atoms with van der Waals surface area (Å²) in [4.78, 5) is 2.26. The van der Waals surface area contributed by atoms with E-state index in [1.54, 1.807) is 6.07 Å². The van der Waals surface area contributed by atoms with Gasteiger partial charge in [0.25, 0.3) is 0 Å². The van der Waals surface area contributed by atoms with Crippen LogP contribution < -0.4 is 9.21 Å². The third-order valence-corrected chi connectivity index (χ3v) is 7.01. The first-order chi connectivity index (χ1) is 10.3. The highest BCUT2D eigenvalue weighted by molar-refractivity contribution is 7.95. The van der Waals surface area contributed by atoms with Gasteiger partial charge in [-0.05, 0) is 25.0 Å². The van der Waals surface area contributed by atoms with Crippen LogP contribution in [0, 0.1) is 0 Å². The molecule has 1 aromatic rings. The molecule has 122 valence electrons. The molecule has 0 atom stereocenters. The van der Waals surface area contributed by atoms with Gasteiger partial charge < -0.3 is 4.90 Å². The molecule has 6 nitrogen and oxygen atoms in total. The van der Waals surface area contributed by atoms with E-state index < -0.39 is 19.9 Å². The maximum atomic E-state index is 12.5. The second kappa shape index (κ2) is 5.42. The van der Waals surface area contributed by atoms with Gasteiger partial charge in [0, 0.05) is 18.8 Å². The van der Waals surface area contributed by atoms with Crippen LogP contribution in [0.4, 0.5) is 11.4 Å². The van der Waals surface area contributed by atoms with Gasteiger partial charge in [-0.15, -0.1) is 0 Å². The Balaban J connectivity index is 1.90. The van der Waals surface area contributed by atoms with Gasteiger partial charge in [0.1, 0.15) is 9.84 Å². The Morgan fingerprint density at radius 3 is 2.23 bits per heavy atom. The van der Waals surface area contributed by atoms with Crippen molar-refractivity contribution in [1.82, 2.24) is 0 Å². The number of benzene rings is 1. The van der Waals surface area contributed by atoms with E-state index in [0.29, 0.717) is 24.8 Å². The molecule has 22 heavy (non-hydrogen) atoms. The molecule has 1 aromatic carbocycles. The fraction of sp³-hybridized carbons (Fsp3) is 0.571. The van der Waals surface area contributed by atoms with Crippen LogP contribution in [0.1, 0.15) is 12.8 Å². The highest BCUT2D eigenvalue weighted by Crippen LogP contribution is 2.40. The molecule has 0 bridgehead atoms. The summed E-state index contributed by atoms with van der Waals surface area (Å²) < 4.78 is 49.0. The van der Waals surface area contributed by atoms with Crippen molar-refractivity contribution < 1.29 is 16.8 Å². The molecule has 8 heteroatoms. The SMILES string of the molecule is CS(=O)(=O)CCS(=O)(=O)N1CCN(C2CC2)c2ccccc21. The lowest BCUT2D eigenvalue weighted by atomic mass is 10.2. The van der Waals surface area contributed by atoms with Gasteiger partial charge in [0.2, 0.25) is 10.0 Å². The number of hydrogen-bond donors (Lipinski definition) is 0. The number of fused-ring (bicyclic) bond motifs is 1. The third kappa shape index (κ3) is 3.22. The molecule has 0 radical (unpaired) electrons. The highest BCUT2D eigenvalue weighted by atomic mass is 32.2. The van der Waals surface area contributed by atoms with Crippen molar-refractivity contribution in [2.24, 2.45) is 0 Å². The Morgan fingerprint density at radius 1 is 1.00 bits per heavy atom. The van der Waals surface area contributed by atoms with Gasteiger partial charge in [-0.25, -0.2) is 16.8 Å². The minimum absolute atomic E-state index is 0.347. The Labute approximate surface area is 131 Å². The van der Waals surface area contributed by atoms with E-state index >= 15 is 0 Å². The number of rotatable bonds is 5. The van der Waals surface area contributed by atoms with Gasteiger partial charge in [-0.1, -0.05) is 12.1 Å². The largest absolute Gasteiger partial charge is 0.365 e. The topological polar surface area (TPSA) is 74.8 Å². The first kappa shape index (κ1) is 15.6. The second-order valence-electron chi connectivity index (χ2n) is 5.93. The smallest absolute Gasteiger partial charge is 0.236 e. The molecule has 0 aromatic heterocycles. The van der Waals surface area contributed by atoms with E-state index in [9.17, 15) is 16.8 Å². The fourth-order valence-electron chi connectivity index (χ4n) is 2.78. The van der Waals surface area contributed by atoms with Gasteiger partial charge in [0.15, 0.2) is 0 Å². The number of sulfonamides is 1. The molecule has 2 aliphatic rings. The summed E-state index contributed by atoms with van der Waals surface area (Å²) in [7, 11) is -6.93. The van der Waals surface area contributed by atoms with E-state index in [2.05, 4.69) is 4.90 Å². The van der Waals surface area contributed by atoms with Crippen molar-refractivity contribution in [3.63, 3.8) is 0 Å². The molecule has 0 N–H and O–H groups in total. The van der Waals surface area contributed by atoms with Crippen molar-refractivity contribution >= 4 is 31.2 Å². The van der Waals surface area contributed by atoms with E-state index in [0.717, 1.165) is 24.8 Å². The lowest BCUT2D eigenvalue weighted by Gasteiger charge is -2.38. The van der Waals surface area contributed by atoms with Crippen LogP contribution >= 0.6 is 0 Å². The van der Waals surface area contributed by atoms with Crippen LogP contribution in [0.15, 0.2) is 24.3 Å². The average Bonchev–Trinajstić information content (AvgIpc) is 3.28. The molecule has 1 aliphatic heterocycles. The van der Waals surface area contributed by atoms with Gasteiger partial charge >= 0.3 is 0 Å². The summed E-state index contributed by atoms with van der Waals surface area (Å²) in [5.41, 5.74) is 1.59. The zero-order chi connectivity index (χ0) is 16.0. The molecular formula is C14H20N2O4S2. The Kier molecular flexibility index (Phi) is 3.84. The Bertz CT molecular complexity index is 770. The van der Waals surface area contributed by atoms with Crippen LogP contribution in [-0.4, -0.2) is 53.7 Å². The van der Waals surface area contributed by atoms with Crippen molar-refractivity contribution in [2.75, 3.05) is 40.1 Å². The quantitative estimate of drug-likeness (QED) is 0.792. The van der Waals surface area contributed by atoms with Crippen LogP contribution in [0.3, 0.4) is 0 Å². The maximum absolute atomic E-state index is 12.5. The summed E-state index contributed by atoms with van der Waals surface area (Å²) in [6.45, 7) is 1.03. The maximum Gasteiger partial charge on any atom is 0.236 e. The normalized spacial score (nSPS) is 19.1. The number of sulfone groups is 1. The van der Waals surface area contributed by atoms with Crippen molar-refractivity contribution in [3.05, 3.63) is 24.3 Å². The Hall–Kier alpha value is -1.28. The number of para-hydroxylation sites is 2. The molecule has 1 heterocycles. The minimum Gasteiger partial charge on any atom is -0.365 e. The molecule has 1 aliphatic carbocycles. The lowest BCUT2D eigenvalue weighted by Crippen LogP contribution is -2.46. The van der Waals surface area contributed by atoms with Crippen molar-refractivity contribution in [1.29, 1.82) is 0 Å². The number of anilines is 2. The summed E-state index contributed by atoms with van der Waals surface area (Å²) in [6, 6.07) is 7.96. The van der Waals surface area contributed by atoms with E-state index in [4.69, 9.17) is 0 Å². The first-order valence-electron chi connectivity index (χ1n) is 7.32. The standard InChI is InChI=1S/C14H20N2O4S2/c1-21(17,18)10-11-22(19,20)16-9-8-15(12-6-7-12)13-4-2-3-5-14(13)16/h2-5,12H,6-11H2,1H3. The molecule has 0 amide bonds. The fourth-order valence-corrected chi connectivity index (χ4v) is 5.87. The van der Waals surface area contributed by atoms with Crippen molar-refractivity contribution in [2.45, 2.75) is 18.9 Å². The molecule has 0 spiro atoms. The van der Waals surface area contributed by atoms with Gasteiger partial charge in [-0.3, -0.25) is 4.31 Å². The molecule has 1 fully saturated rings. The number of nitrogens with zero attached hydrogens (tertiary/aromatic N) is 2. The van der Waals surface area contributed by atoms with Gasteiger partial charge in [0.05, 0.1) is 29.4 Å². The second-order valence-corrected chi connectivity index (χ2v) is 10.2. The van der Waals surface area contributed by atoms with Crippen molar-refractivity contribution in [3.8, 4) is 0 Å². The van der Waals surface area contributed by atoms with Crippen LogP contribution in [0.2, 0.25) is 0 Å². The zero-order valence-electron chi connectivity index (χ0n) is 12.5. The van der Waals surface area contributed by atoms with E-state index in [1.165, 1.54) is 4.31 Å². The summed E-state index contributed by atoms with van der Waals surface area (Å²) >= 11 is 0. The summed E-state index contributed by atoms with van der Waals surface area (Å²) in [5, 5.41) is 0. The van der Waals surface area contributed by atoms with Crippen LogP contribution in [0.5, 0.6) is 0 Å². The minimum atomic E-state index is -3.63. The molecule has 3 rings (SSSR count). The highest BCUT2D eigenvalue weighted by Gasteiger charge is 2.37.